The Morgan fingerprint density at radius 3 is 2.61 bits per heavy atom. The Labute approximate surface area is 161 Å². The summed E-state index contributed by atoms with van der Waals surface area (Å²) in [5, 5.41) is 2.62. The SMILES string of the molecule is CC(C)(C)OC(=O)NCCc1c[nH]c2c1C(=O)C(c1ccccc1F)=CC2=O. The molecule has 1 amide bonds. The maximum absolute atomic E-state index is 14.1. The van der Waals surface area contributed by atoms with Crippen LogP contribution in [-0.2, 0) is 11.2 Å². The summed E-state index contributed by atoms with van der Waals surface area (Å²) in [6, 6.07) is 5.83. The van der Waals surface area contributed by atoms with E-state index in [9.17, 15) is 18.8 Å². The van der Waals surface area contributed by atoms with Gasteiger partial charge in [-0.3, -0.25) is 9.59 Å². The molecular formula is C21H21FN2O4. The van der Waals surface area contributed by atoms with Crippen LogP contribution in [0.2, 0.25) is 0 Å². The number of H-pyrrole nitrogens is 1. The molecule has 2 aromatic rings. The molecule has 146 valence electrons. The van der Waals surface area contributed by atoms with E-state index in [0.717, 1.165) is 6.08 Å². The molecule has 3 rings (SSSR count). The van der Waals surface area contributed by atoms with Crippen molar-refractivity contribution in [2.24, 2.45) is 0 Å². The zero-order chi connectivity index (χ0) is 20.5. The molecule has 0 spiro atoms. The second kappa shape index (κ2) is 7.42. The van der Waals surface area contributed by atoms with Gasteiger partial charge in [-0.1, -0.05) is 18.2 Å². The number of carbonyl (C=O) groups is 3. The van der Waals surface area contributed by atoms with Crippen LogP contribution in [-0.4, -0.2) is 34.8 Å². The van der Waals surface area contributed by atoms with E-state index in [0.29, 0.717) is 12.0 Å². The lowest BCUT2D eigenvalue weighted by atomic mass is 9.87. The van der Waals surface area contributed by atoms with E-state index in [4.69, 9.17) is 4.74 Å². The predicted octanol–water partition coefficient (Wildman–Crippen LogP) is 3.68. The second-order valence-electron chi connectivity index (χ2n) is 7.47. The van der Waals surface area contributed by atoms with E-state index in [1.165, 1.54) is 18.2 Å². The fourth-order valence-electron chi connectivity index (χ4n) is 3.01. The number of Topliss-reactive ketones (excluding diaryl/α,β-unsaturated/α-hetero) is 1. The minimum Gasteiger partial charge on any atom is -0.444 e. The second-order valence-corrected chi connectivity index (χ2v) is 7.47. The first kappa shape index (κ1) is 19.5. The number of fused-ring (bicyclic) bond motifs is 1. The highest BCUT2D eigenvalue weighted by molar-refractivity contribution is 6.38. The summed E-state index contributed by atoms with van der Waals surface area (Å²) in [6.07, 6.45) is 2.47. The van der Waals surface area contributed by atoms with E-state index < -0.39 is 23.3 Å². The minimum absolute atomic E-state index is 0.0246. The molecule has 1 aliphatic carbocycles. The molecule has 0 saturated heterocycles. The van der Waals surface area contributed by atoms with Gasteiger partial charge in [-0.05, 0) is 44.9 Å². The largest absolute Gasteiger partial charge is 0.444 e. The lowest BCUT2D eigenvalue weighted by Gasteiger charge is -2.19. The summed E-state index contributed by atoms with van der Waals surface area (Å²) in [4.78, 5) is 39.9. The first-order valence-corrected chi connectivity index (χ1v) is 8.90. The lowest BCUT2D eigenvalue weighted by molar-refractivity contribution is 0.0528. The van der Waals surface area contributed by atoms with E-state index in [2.05, 4.69) is 10.3 Å². The number of benzene rings is 1. The van der Waals surface area contributed by atoms with Crippen LogP contribution in [0.25, 0.3) is 5.57 Å². The first-order chi connectivity index (χ1) is 13.2. The number of nitrogens with one attached hydrogen (secondary N) is 2. The Hall–Kier alpha value is -3.22. The molecule has 1 aliphatic rings. The number of alkyl carbamates (subject to hydrolysis) is 1. The summed E-state index contributed by atoms with van der Waals surface area (Å²) in [7, 11) is 0. The van der Waals surface area contributed by atoms with E-state index in [-0.39, 0.29) is 34.7 Å². The van der Waals surface area contributed by atoms with Crippen molar-refractivity contribution in [3.05, 3.63) is 64.7 Å². The van der Waals surface area contributed by atoms with Crippen LogP contribution in [0.15, 0.2) is 36.5 Å². The monoisotopic (exact) mass is 384 g/mol. The minimum atomic E-state index is -0.612. The fourth-order valence-corrected chi connectivity index (χ4v) is 3.01. The maximum Gasteiger partial charge on any atom is 0.407 e. The Morgan fingerprint density at radius 2 is 1.93 bits per heavy atom. The van der Waals surface area contributed by atoms with Crippen LogP contribution in [0.4, 0.5) is 9.18 Å². The van der Waals surface area contributed by atoms with Crippen molar-refractivity contribution in [2.75, 3.05) is 6.54 Å². The van der Waals surface area contributed by atoms with Crippen molar-refractivity contribution in [2.45, 2.75) is 32.8 Å². The number of rotatable bonds is 4. The third-order valence-electron chi connectivity index (χ3n) is 4.18. The van der Waals surface area contributed by atoms with Gasteiger partial charge in [-0.2, -0.15) is 0 Å². The highest BCUT2D eigenvalue weighted by atomic mass is 19.1. The number of hydrogen-bond donors (Lipinski definition) is 2. The Morgan fingerprint density at radius 1 is 1.21 bits per heavy atom. The maximum atomic E-state index is 14.1. The van der Waals surface area contributed by atoms with Crippen LogP contribution >= 0.6 is 0 Å². The topological polar surface area (TPSA) is 88.3 Å². The van der Waals surface area contributed by atoms with E-state index >= 15 is 0 Å². The highest BCUT2D eigenvalue weighted by Gasteiger charge is 2.31. The number of allylic oxidation sites excluding steroid dienone is 2. The van der Waals surface area contributed by atoms with Crippen LogP contribution in [0, 0.1) is 5.82 Å². The number of ether oxygens (including phenoxy) is 1. The number of ketones is 2. The molecule has 0 bridgehead atoms. The van der Waals surface area contributed by atoms with Crippen molar-refractivity contribution in [1.82, 2.24) is 10.3 Å². The van der Waals surface area contributed by atoms with Gasteiger partial charge < -0.3 is 15.0 Å². The van der Waals surface area contributed by atoms with Crippen molar-refractivity contribution >= 4 is 23.2 Å². The third kappa shape index (κ3) is 4.03. The molecule has 28 heavy (non-hydrogen) atoms. The molecule has 0 unspecified atom stereocenters. The quantitative estimate of drug-likeness (QED) is 0.842. The molecule has 0 atom stereocenters. The third-order valence-corrected chi connectivity index (χ3v) is 4.18. The molecule has 0 aliphatic heterocycles. The van der Waals surface area contributed by atoms with Gasteiger partial charge in [0.2, 0.25) is 5.78 Å². The van der Waals surface area contributed by atoms with Crippen molar-refractivity contribution in [3.8, 4) is 0 Å². The summed E-state index contributed by atoms with van der Waals surface area (Å²) in [5.74, 6) is -1.38. The normalized spacial score (nSPS) is 13.8. The average Bonchev–Trinajstić information content (AvgIpc) is 3.02. The van der Waals surface area contributed by atoms with Crippen LogP contribution in [0.3, 0.4) is 0 Å². The van der Waals surface area contributed by atoms with Crippen molar-refractivity contribution in [1.29, 1.82) is 0 Å². The number of aromatic nitrogens is 1. The average molecular weight is 384 g/mol. The molecule has 7 heteroatoms. The van der Waals surface area contributed by atoms with Gasteiger partial charge in [0, 0.05) is 23.9 Å². The fraction of sp³-hybridized carbons (Fsp3) is 0.286. The van der Waals surface area contributed by atoms with Gasteiger partial charge in [-0.15, -0.1) is 0 Å². The molecule has 1 aromatic carbocycles. The van der Waals surface area contributed by atoms with Gasteiger partial charge in [0.1, 0.15) is 11.4 Å². The van der Waals surface area contributed by atoms with Gasteiger partial charge in [0.15, 0.2) is 5.78 Å². The van der Waals surface area contributed by atoms with Crippen molar-refractivity contribution in [3.63, 3.8) is 0 Å². The number of amides is 1. The standard InChI is InChI=1S/C21H21FN2O4/c1-21(2,3)28-20(27)23-9-8-12-11-24-18-16(25)10-14(19(26)17(12)18)13-6-4-5-7-15(13)22/h4-7,10-11,24H,8-9H2,1-3H3,(H,23,27). The summed E-state index contributed by atoms with van der Waals surface area (Å²) >= 11 is 0. The summed E-state index contributed by atoms with van der Waals surface area (Å²) < 4.78 is 19.3. The smallest absolute Gasteiger partial charge is 0.407 e. The molecule has 0 saturated carbocycles. The van der Waals surface area contributed by atoms with E-state index in [1.807, 2.05) is 0 Å². The van der Waals surface area contributed by atoms with Crippen LogP contribution in [0.5, 0.6) is 0 Å². The molecule has 1 heterocycles. The predicted molar refractivity (Wildman–Crippen MR) is 102 cm³/mol. The molecule has 1 aromatic heterocycles. The Balaban J connectivity index is 1.78. The van der Waals surface area contributed by atoms with Gasteiger partial charge >= 0.3 is 6.09 Å². The van der Waals surface area contributed by atoms with E-state index in [1.54, 1.807) is 33.0 Å². The van der Waals surface area contributed by atoms with Gasteiger partial charge in [0.05, 0.1) is 11.3 Å². The number of carbonyl (C=O) groups excluding carboxylic acids is 3. The van der Waals surface area contributed by atoms with Crippen LogP contribution < -0.4 is 5.32 Å². The first-order valence-electron chi connectivity index (χ1n) is 8.90. The Bertz CT molecular complexity index is 983. The summed E-state index contributed by atoms with van der Waals surface area (Å²) in [5.41, 5.74) is 0.474. The van der Waals surface area contributed by atoms with Crippen LogP contribution in [0.1, 0.15) is 52.7 Å². The number of hydrogen-bond acceptors (Lipinski definition) is 4. The zero-order valence-electron chi connectivity index (χ0n) is 15.9. The molecule has 0 radical (unpaired) electrons. The number of halogens is 1. The molecule has 2 N–H and O–H groups in total. The number of aromatic amines is 1. The zero-order valence-corrected chi connectivity index (χ0v) is 15.9. The molecule has 0 fully saturated rings. The molecule has 6 nitrogen and oxygen atoms in total. The molecular weight excluding hydrogens is 363 g/mol. The van der Waals surface area contributed by atoms with Gasteiger partial charge in [0.25, 0.3) is 0 Å². The Kier molecular flexibility index (Phi) is 5.18. The van der Waals surface area contributed by atoms with Gasteiger partial charge in [-0.25, -0.2) is 9.18 Å². The van der Waals surface area contributed by atoms with Crippen molar-refractivity contribution < 1.29 is 23.5 Å². The lowest BCUT2D eigenvalue weighted by Crippen LogP contribution is -2.33. The summed E-state index contributed by atoms with van der Waals surface area (Å²) in [6.45, 7) is 5.50. The highest BCUT2D eigenvalue weighted by Crippen LogP contribution is 2.31.